The summed E-state index contributed by atoms with van der Waals surface area (Å²) in [5.41, 5.74) is 4.11. The molecule has 0 aromatic heterocycles. The highest BCUT2D eigenvalue weighted by atomic mass is 16.5. The molecule has 0 unspecified atom stereocenters. The third-order valence-corrected chi connectivity index (χ3v) is 4.51. The van der Waals surface area contributed by atoms with Crippen molar-refractivity contribution in [3.63, 3.8) is 0 Å². The number of ether oxygens (including phenoxy) is 2. The molecule has 0 saturated carbocycles. The van der Waals surface area contributed by atoms with Crippen molar-refractivity contribution in [3.8, 4) is 11.5 Å². The van der Waals surface area contributed by atoms with E-state index in [4.69, 9.17) is 9.47 Å². The number of benzene rings is 2. The number of hydrogen-bond donors (Lipinski definition) is 0. The third-order valence-electron chi connectivity index (χ3n) is 4.51. The van der Waals surface area contributed by atoms with Crippen molar-refractivity contribution in [1.82, 2.24) is 0 Å². The average molecular weight is 344 g/mol. The molecule has 2 aromatic carbocycles. The van der Waals surface area contributed by atoms with E-state index in [0.29, 0.717) is 0 Å². The van der Waals surface area contributed by atoms with Crippen LogP contribution in [0.15, 0.2) is 69.9 Å². The summed E-state index contributed by atoms with van der Waals surface area (Å²) in [6.07, 6.45) is 7.58. The first-order valence-electron chi connectivity index (χ1n) is 8.71. The first-order valence-corrected chi connectivity index (χ1v) is 8.71. The molecule has 4 rings (SSSR count). The lowest BCUT2D eigenvalue weighted by molar-refractivity contribution is 0.260. The SMILES string of the molecule is C[C@@H]1Oc2ccccc2C=C1/C=N\N=C/C1=Cc2ccccc2O[C@H]1C. The molecule has 4 heteroatoms. The normalized spacial score (nSPS) is 21.5. The lowest BCUT2D eigenvalue weighted by atomic mass is 10.0. The van der Waals surface area contributed by atoms with Gasteiger partial charge in [-0.1, -0.05) is 36.4 Å². The Bertz CT molecular complexity index is 863. The van der Waals surface area contributed by atoms with Gasteiger partial charge in [-0.05, 0) is 38.1 Å². The maximum absolute atomic E-state index is 5.90. The van der Waals surface area contributed by atoms with Crippen molar-refractivity contribution in [2.45, 2.75) is 26.1 Å². The lowest BCUT2D eigenvalue weighted by Gasteiger charge is -2.22. The molecule has 2 heterocycles. The van der Waals surface area contributed by atoms with Gasteiger partial charge in [-0.3, -0.25) is 0 Å². The van der Waals surface area contributed by atoms with Crippen LogP contribution >= 0.6 is 0 Å². The van der Waals surface area contributed by atoms with Crippen LogP contribution in [0.2, 0.25) is 0 Å². The average Bonchev–Trinajstić information content (AvgIpc) is 2.65. The van der Waals surface area contributed by atoms with E-state index in [1.807, 2.05) is 62.4 Å². The molecule has 0 spiro atoms. The summed E-state index contributed by atoms with van der Waals surface area (Å²) in [5.74, 6) is 1.80. The molecule has 2 atom stereocenters. The summed E-state index contributed by atoms with van der Waals surface area (Å²) >= 11 is 0. The predicted octanol–water partition coefficient (Wildman–Crippen LogP) is 4.77. The van der Waals surface area contributed by atoms with E-state index in [0.717, 1.165) is 33.8 Å². The summed E-state index contributed by atoms with van der Waals surface area (Å²) in [6.45, 7) is 4.02. The van der Waals surface area contributed by atoms with Gasteiger partial charge in [0, 0.05) is 22.3 Å². The Morgan fingerprint density at radius 2 is 1.12 bits per heavy atom. The monoisotopic (exact) mass is 344 g/mol. The van der Waals surface area contributed by atoms with Gasteiger partial charge in [-0.25, -0.2) is 0 Å². The Morgan fingerprint density at radius 3 is 1.58 bits per heavy atom. The highest BCUT2D eigenvalue weighted by Gasteiger charge is 2.18. The van der Waals surface area contributed by atoms with E-state index >= 15 is 0 Å². The molecule has 2 aromatic rings. The van der Waals surface area contributed by atoms with Crippen LogP contribution < -0.4 is 9.47 Å². The number of rotatable bonds is 3. The number of nitrogens with zero attached hydrogens (tertiary/aromatic N) is 2. The second kappa shape index (κ2) is 7.00. The van der Waals surface area contributed by atoms with Gasteiger partial charge in [-0.15, -0.1) is 0 Å². The second-order valence-electron chi connectivity index (χ2n) is 6.37. The van der Waals surface area contributed by atoms with Crippen LogP contribution in [0.4, 0.5) is 0 Å². The number of hydrogen-bond acceptors (Lipinski definition) is 4. The molecule has 0 saturated heterocycles. The molecule has 0 amide bonds. The zero-order valence-corrected chi connectivity index (χ0v) is 14.8. The Morgan fingerprint density at radius 1 is 0.692 bits per heavy atom. The highest BCUT2D eigenvalue weighted by molar-refractivity contribution is 5.91. The van der Waals surface area contributed by atoms with Gasteiger partial charge < -0.3 is 9.47 Å². The summed E-state index contributed by atoms with van der Waals surface area (Å²) in [5, 5.41) is 8.41. The van der Waals surface area contributed by atoms with Gasteiger partial charge in [0.1, 0.15) is 23.7 Å². The van der Waals surface area contributed by atoms with Gasteiger partial charge in [0.15, 0.2) is 0 Å². The molecule has 4 nitrogen and oxygen atoms in total. The fourth-order valence-corrected chi connectivity index (χ4v) is 3.01. The van der Waals surface area contributed by atoms with Crippen LogP contribution in [0.3, 0.4) is 0 Å². The molecule has 130 valence electrons. The fraction of sp³-hybridized carbons (Fsp3) is 0.182. The quantitative estimate of drug-likeness (QED) is 0.594. The summed E-state index contributed by atoms with van der Waals surface area (Å²) in [4.78, 5) is 0. The Hall–Kier alpha value is -3.14. The summed E-state index contributed by atoms with van der Waals surface area (Å²) in [7, 11) is 0. The topological polar surface area (TPSA) is 43.2 Å². The molecule has 26 heavy (non-hydrogen) atoms. The fourth-order valence-electron chi connectivity index (χ4n) is 3.01. The van der Waals surface area contributed by atoms with Gasteiger partial charge in [0.05, 0.1) is 12.4 Å². The van der Waals surface area contributed by atoms with Crippen LogP contribution in [-0.2, 0) is 0 Å². The minimum Gasteiger partial charge on any atom is -0.485 e. The Labute approximate surface area is 153 Å². The smallest absolute Gasteiger partial charge is 0.127 e. The minimum absolute atomic E-state index is 0.0492. The third kappa shape index (κ3) is 3.31. The molecule has 0 bridgehead atoms. The summed E-state index contributed by atoms with van der Waals surface area (Å²) < 4.78 is 11.8. The van der Waals surface area contributed by atoms with E-state index in [9.17, 15) is 0 Å². The van der Waals surface area contributed by atoms with E-state index in [1.54, 1.807) is 12.4 Å². The van der Waals surface area contributed by atoms with E-state index in [1.165, 1.54) is 0 Å². The van der Waals surface area contributed by atoms with Crippen LogP contribution in [0.25, 0.3) is 12.2 Å². The maximum atomic E-state index is 5.90. The lowest BCUT2D eigenvalue weighted by Crippen LogP contribution is -2.20. The molecule has 0 radical (unpaired) electrons. The van der Waals surface area contributed by atoms with Crippen molar-refractivity contribution >= 4 is 24.6 Å². The van der Waals surface area contributed by atoms with E-state index < -0.39 is 0 Å². The van der Waals surface area contributed by atoms with Crippen LogP contribution in [0.5, 0.6) is 11.5 Å². The second-order valence-corrected chi connectivity index (χ2v) is 6.37. The van der Waals surface area contributed by atoms with E-state index in [-0.39, 0.29) is 12.2 Å². The first kappa shape index (κ1) is 16.3. The van der Waals surface area contributed by atoms with Crippen molar-refractivity contribution in [2.24, 2.45) is 10.2 Å². The van der Waals surface area contributed by atoms with Crippen LogP contribution in [0.1, 0.15) is 25.0 Å². The molecule has 0 aliphatic carbocycles. The largest absolute Gasteiger partial charge is 0.485 e. The van der Waals surface area contributed by atoms with Gasteiger partial charge in [0.25, 0.3) is 0 Å². The predicted molar refractivity (Wildman–Crippen MR) is 106 cm³/mol. The van der Waals surface area contributed by atoms with E-state index in [2.05, 4.69) is 22.4 Å². The van der Waals surface area contributed by atoms with Crippen molar-refractivity contribution in [3.05, 3.63) is 70.8 Å². The highest BCUT2D eigenvalue weighted by Crippen LogP contribution is 2.29. The van der Waals surface area contributed by atoms with Crippen LogP contribution in [0, 0.1) is 0 Å². The van der Waals surface area contributed by atoms with Crippen molar-refractivity contribution in [1.29, 1.82) is 0 Å². The number of fused-ring (bicyclic) bond motifs is 2. The van der Waals surface area contributed by atoms with Gasteiger partial charge >= 0.3 is 0 Å². The molecular weight excluding hydrogens is 324 g/mol. The van der Waals surface area contributed by atoms with Crippen molar-refractivity contribution in [2.75, 3.05) is 0 Å². The molecular formula is C22H20N2O2. The molecule has 0 N–H and O–H groups in total. The first-order chi connectivity index (χ1) is 12.7. The van der Waals surface area contributed by atoms with Crippen LogP contribution in [-0.4, -0.2) is 24.6 Å². The maximum Gasteiger partial charge on any atom is 0.127 e. The standard InChI is InChI=1S/C22H20N2O2/c1-15-19(11-17-7-3-5-9-21(17)25-15)13-23-24-14-20-12-18-8-4-6-10-22(18)26-16(20)2/h3-16H,1-2H3/b23-13-,24-14-/t15-,16-/m0/s1. The Kier molecular flexibility index (Phi) is 4.40. The molecule has 2 aliphatic rings. The zero-order chi connectivity index (χ0) is 17.9. The van der Waals surface area contributed by atoms with Crippen molar-refractivity contribution < 1.29 is 9.47 Å². The molecule has 2 aliphatic heterocycles. The van der Waals surface area contributed by atoms with Gasteiger partial charge in [0.2, 0.25) is 0 Å². The van der Waals surface area contributed by atoms with Gasteiger partial charge in [-0.2, -0.15) is 10.2 Å². The summed E-state index contributed by atoms with van der Waals surface area (Å²) in [6, 6.07) is 16.0. The minimum atomic E-state index is -0.0492. The Balaban J connectivity index is 1.50. The zero-order valence-electron chi connectivity index (χ0n) is 14.8. The number of para-hydroxylation sites is 2. The molecule has 0 fully saturated rings.